The number of fused-ring (bicyclic) bond motifs is 1. The zero-order valence-corrected chi connectivity index (χ0v) is 16.2. The lowest BCUT2D eigenvalue weighted by atomic mass is 9.93. The summed E-state index contributed by atoms with van der Waals surface area (Å²) in [6.45, 7) is 1.97. The van der Waals surface area contributed by atoms with Crippen molar-refractivity contribution in [3.8, 4) is 6.07 Å². The van der Waals surface area contributed by atoms with E-state index in [9.17, 15) is 18.8 Å². The Morgan fingerprint density at radius 3 is 2.66 bits per heavy atom. The number of halogens is 2. The van der Waals surface area contributed by atoms with Crippen LogP contribution in [0.1, 0.15) is 54.6 Å². The summed E-state index contributed by atoms with van der Waals surface area (Å²) in [5.74, 6) is 1.03. The normalized spacial score (nSPS) is 17.2. The van der Waals surface area contributed by atoms with Gasteiger partial charge in [0.25, 0.3) is 12.0 Å². The van der Waals surface area contributed by atoms with Crippen LogP contribution < -0.4 is 10.5 Å². The van der Waals surface area contributed by atoms with Gasteiger partial charge in [-0.05, 0) is 56.1 Å². The molecule has 0 radical (unpaired) electrons. The predicted octanol–water partition coefficient (Wildman–Crippen LogP) is 3.24. The van der Waals surface area contributed by atoms with Crippen molar-refractivity contribution in [1.29, 1.82) is 5.26 Å². The van der Waals surface area contributed by atoms with Crippen molar-refractivity contribution in [1.82, 2.24) is 14.5 Å². The molecule has 29 heavy (non-hydrogen) atoms. The Balaban J connectivity index is 1.44. The molecule has 0 aromatic carbocycles. The molecule has 3 heterocycles. The molecule has 2 aliphatic rings. The number of aryl methyl sites for hydroxylation is 2. The summed E-state index contributed by atoms with van der Waals surface area (Å²) in [7, 11) is 0. The van der Waals surface area contributed by atoms with Crippen LogP contribution in [0.15, 0.2) is 23.3 Å². The zero-order chi connectivity index (χ0) is 20.4. The maximum absolute atomic E-state index is 12.7. The van der Waals surface area contributed by atoms with Gasteiger partial charge >= 0.3 is 0 Å². The average molecular weight is 399 g/mol. The smallest absolute Gasteiger partial charge is 0.280 e. The fourth-order valence-electron chi connectivity index (χ4n) is 4.25. The molecule has 152 valence electrons. The van der Waals surface area contributed by atoms with E-state index in [1.807, 2.05) is 6.07 Å². The number of piperidine rings is 1. The molecule has 4 rings (SSSR count). The van der Waals surface area contributed by atoms with Gasteiger partial charge in [0.1, 0.15) is 17.6 Å². The Hall–Kier alpha value is -2.82. The minimum Gasteiger partial charge on any atom is -0.355 e. The second-order valence-corrected chi connectivity index (χ2v) is 7.82. The number of nitriles is 1. The van der Waals surface area contributed by atoms with Crippen LogP contribution in [0.5, 0.6) is 0 Å². The van der Waals surface area contributed by atoms with Crippen LogP contribution in [0, 0.1) is 17.2 Å². The van der Waals surface area contributed by atoms with Crippen LogP contribution in [0.4, 0.5) is 14.6 Å². The first-order chi connectivity index (χ1) is 14.0. The predicted molar refractivity (Wildman–Crippen MR) is 104 cm³/mol. The van der Waals surface area contributed by atoms with Crippen LogP contribution in [-0.2, 0) is 19.4 Å². The summed E-state index contributed by atoms with van der Waals surface area (Å²) in [6, 6.07) is 5.21. The third-order valence-corrected chi connectivity index (χ3v) is 5.89. The molecular weight excluding hydrogens is 376 g/mol. The Labute approximate surface area is 167 Å². The average Bonchev–Trinajstić information content (AvgIpc) is 2.74. The van der Waals surface area contributed by atoms with E-state index in [0.29, 0.717) is 12.1 Å². The highest BCUT2D eigenvalue weighted by atomic mass is 19.3. The van der Waals surface area contributed by atoms with Crippen molar-refractivity contribution >= 4 is 5.82 Å². The van der Waals surface area contributed by atoms with Crippen molar-refractivity contribution in [3.63, 3.8) is 0 Å². The van der Waals surface area contributed by atoms with Crippen molar-refractivity contribution in [2.45, 2.75) is 51.5 Å². The van der Waals surface area contributed by atoms with Crippen molar-refractivity contribution in [3.05, 3.63) is 51.3 Å². The first-order valence-corrected chi connectivity index (χ1v) is 10.1. The van der Waals surface area contributed by atoms with Crippen LogP contribution in [0.2, 0.25) is 0 Å². The molecular formula is C21H23F2N5O. The summed E-state index contributed by atoms with van der Waals surface area (Å²) >= 11 is 0. The standard InChI is InChI=1S/C21H23F2N5O/c22-20(23)18-10-19(29)28(13-25-18)12-14-5-7-27(8-6-14)21-16(11-24)9-15-3-1-2-4-17(15)26-21/h9-10,13-14,20H,1-8,12H2. The maximum Gasteiger partial charge on any atom is 0.280 e. The SMILES string of the molecule is N#Cc1cc2c(nc1N1CCC(Cn3cnc(C(F)F)cc3=O)CC1)CCCC2. The van der Waals surface area contributed by atoms with E-state index in [-0.39, 0.29) is 5.92 Å². The van der Waals surface area contributed by atoms with E-state index in [1.165, 1.54) is 16.5 Å². The van der Waals surface area contributed by atoms with Crippen LogP contribution in [-0.4, -0.2) is 27.6 Å². The fraction of sp³-hybridized carbons (Fsp3) is 0.524. The van der Waals surface area contributed by atoms with E-state index in [1.54, 1.807) is 0 Å². The fourth-order valence-corrected chi connectivity index (χ4v) is 4.25. The van der Waals surface area contributed by atoms with E-state index >= 15 is 0 Å². The van der Waals surface area contributed by atoms with Gasteiger partial charge in [0.2, 0.25) is 0 Å². The first-order valence-electron chi connectivity index (χ1n) is 10.1. The lowest BCUT2D eigenvalue weighted by Gasteiger charge is -2.34. The lowest BCUT2D eigenvalue weighted by Crippen LogP contribution is -2.37. The number of anilines is 1. The molecule has 2 aromatic heterocycles. The van der Waals surface area contributed by atoms with Crippen LogP contribution in [0.3, 0.4) is 0 Å². The van der Waals surface area contributed by atoms with Gasteiger partial charge < -0.3 is 4.90 Å². The third-order valence-electron chi connectivity index (χ3n) is 5.89. The largest absolute Gasteiger partial charge is 0.355 e. The van der Waals surface area contributed by atoms with Gasteiger partial charge in [-0.1, -0.05) is 0 Å². The van der Waals surface area contributed by atoms with Crippen LogP contribution >= 0.6 is 0 Å². The molecule has 0 unspecified atom stereocenters. The Bertz CT molecular complexity index is 990. The van der Waals surface area contributed by atoms with Crippen LogP contribution in [0.25, 0.3) is 0 Å². The maximum atomic E-state index is 12.7. The monoisotopic (exact) mass is 399 g/mol. The van der Waals surface area contributed by atoms with Crippen molar-refractivity contribution < 1.29 is 8.78 Å². The molecule has 1 saturated heterocycles. The summed E-state index contributed by atoms with van der Waals surface area (Å²) in [5, 5.41) is 9.57. The number of nitrogens with zero attached hydrogens (tertiary/aromatic N) is 5. The van der Waals surface area contributed by atoms with Gasteiger partial charge in [-0.25, -0.2) is 18.7 Å². The Morgan fingerprint density at radius 1 is 1.21 bits per heavy atom. The highest BCUT2D eigenvalue weighted by Crippen LogP contribution is 2.29. The highest BCUT2D eigenvalue weighted by molar-refractivity contribution is 5.56. The van der Waals surface area contributed by atoms with E-state index in [0.717, 1.165) is 69.2 Å². The molecule has 2 aromatic rings. The van der Waals surface area contributed by atoms with Gasteiger partial charge in [0.15, 0.2) is 0 Å². The number of rotatable bonds is 4. The molecule has 0 N–H and O–H groups in total. The quantitative estimate of drug-likeness (QED) is 0.789. The molecule has 1 aliphatic heterocycles. The van der Waals surface area contributed by atoms with Gasteiger partial charge in [0, 0.05) is 31.4 Å². The zero-order valence-electron chi connectivity index (χ0n) is 16.2. The minimum absolute atomic E-state index is 0.256. The third kappa shape index (κ3) is 4.14. The lowest BCUT2D eigenvalue weighted by molar-refractivity contribution is 0.145. The second-order valence-electron chi connectivity index (χ2n) is 7.82. The number of pyridine rings is 1. The van der Waals surface area contributed by atoms with E-state index < -0.39 is 17.7 Å². The molecule has 8 heteroatoms. The number of hydrogen-bond acceptors (Lipinski definition) is 5. The van der Waals surface area contributed by atoms with E-state index in [2.05, 4.69) is 16.0 Å². The Kier molecular flexibility index (Phi) is 5.56. The summed E-state index contributed by atoms with van der Waals surface area (Å²) in [5.41, 5.74) is 2.02. The van der Waals surface area contributed by atoms with Crippen molar-refractivity contribution in [2.75, 3.05) is 18.0 Å². The molecule has 0 spiro atoms. The van der Waals surface area contributed by atoms with Gasteiger partial charge in [-0.15, -0.1) is 0 Å². The first kappa shape index (κ1) is 19.5. The summed E-state index contributed by atoms with van der Waals surface area (Å²) < 4.78 is 26.7. The topological polar surface area (TPSA) is 74.8 Å². The molecule has 1 aliphatic carbocycles. The number of hydrogen-bond donors (Lipinski definition) is 0. The van der Waals surface area contributed by atoms with Gasteiger partial charge in [-0.3, -0.25) is 9.36 Å². The molecule has 0 atom stereocenters. The van der Waals surface area contributed by atoms with E-state index in [4.69, 9.17) is 4.98 Å². The molecule has 0 bridgehead atoms. The summed E-state index contributed by atoms with van der Waals surface area (Å²) in [6.07, 6.45) is 4.41. The van der Waals surface area contributed by atoms with Crippen molar-refractivity contribution in [2.24, 2.45) is 5.92 Å². The molecule has 1 fully saturated rings. The molecule has 6 nitrogen and oxygen atoms in total. The van der Waals surface area contributed by atoms with Gasteiger partial charge in [-0.2, -0.15) is 5.26 Å². The number of alkyl halides is 2. The summed E-state index contributed by atoms with van der Waals surface area (Å²) in [4.78, 5) is 22.7. The highest BCUT2D eigenvalue weighted by Gasteiger charge is 2.25. The second kappa shape index (κ2) is 8.27. The Morgan fingerprint density at radius 2 is 1.97 bits per heavy atom. The van der Waals surface area contributed by atoms with Gasteiger partial charge in [0.05, 0.1) is 11.9 Å². The molecule has 0 amide bonds. The molecule has 0 saturated carbocycles. The minimum atomic E-state index is -2.74. The number of aromatic nitrogens is 3.